The molecule has 0 amide bonds. The van der Waals surface area contributed by atoms with Crippen LogP contribution in [-0.2, 0) is 16.0 Å². The molecule has 0 unspecified atom stereocenters. The van der Waals surface area contributed by atoms with E-state index in [1.807, 2.05) is 35.2 Å². The topological polar surface area (TPSA) is 62.2 Å². The lowest BCUT2D eigenvalue weighted by molar-refractivity contribution is -0.0267. The van der Waals surface area contributed by atoms with Gasteiger partial charge in [-0.05, 0) is 18.4 Å². The molecule has 0 spiro atoms. The molecule has 124 valence electrons. The van der Waals surface area contributed by atoms with Gasteiger partial charge < -0.3 is 19.7 Å². The molecule has 2 N–H and O–H groups in total. The molecule has 1 heterocycles. The van der Waals surface area contributed by atoms with Crippen LogP contribution in [0.3, 0.4) is 0 Å². The second-order valence-corrected chi connectivity index (χ2v) is 5.77. The molecule has 0 aromatic heterocycles. The lowest BCUT2D eigenvalue weighted by Crippen LogP contribution is -2.36. The zero-order valence-corrected chi connectivity index (χ0v) is 13.1. The summed E-state index contributed by atoms with van der Waals surface area (Å²) >= 11 is 0. The van der Waals surface area contributed by atoms with Crippen LogP contribution in [-0.4, -0.2) is 66.8 Å². The number of aliphatic hydroxyl groups is 2. The highest BCUT2D eigenvalue weighted by Gasteiger charge is 2.17. The quantitative estimate of drug-likeness (QED) is 0.676. The van der Waals surface area contributed by atoms with Crippen LogP contribution in [0.1, 0.15) is 18.4 Å². The molecule has 0 bridgehead atoms. The average molecular weight is 309 g/mol. The van der Waals surface area contributed by atoms with Gasteiger partial charge in [-0.2, -0.15) is 0 Å². The van der Waals surface area contributed by atoms with E-state index >= 15 is 0 Å². The first kappa shape index (κ1) is 17.4. The van der Waals surface area contributed by atoms with E-state index in [1.165, 1.54) is 5.56 Å². The van der Waals surface area contributed by atoms with Gasteiger partial charge >= 0.3 is 0 Å². The minimum atomic E-state index is -0.559. The Kier molecular flexibility index (Phi) is 7.83. The molecule has 2 atom stereocenters. The Morgan fingerprint density at radius 2 is 2.14 bits per heavy atom. The van der Waals surface area contributed by atoms with E-state index in [-0.39, 0.29) is 12.7 Å². The summed E-state index contributed by atoms with van der Waals surface area (Å²) in [6.07, 6.45) is 1.76. The van der Waals surface area contributed by atoms with Crippen molar-refractivity contribution in [2.75, 3.05) is 39.5 Å². The predicted molar refractivity (Wildman–Crippen MR) is 84.6 cm³/mol. The highest BCUT2D eigenvalue weighted by molar-refractivity contribution is 5.14. The SMILES string of the molecule is OCCN(Cc1ccccc1)C[C@@H](O)COC[C@H]1CCCO1. The standard InChI is InChI=1S/C17H27NO4/c19-9-8-18(11-15-5-2-1-3-6-15)12-16(20)13-21-14-17-7-4-10-22-17/h1-3,5-6,16-17,19-20H,4,7-14H2/t16-,17-/m1/s1. The summed E-state index contributed by atoms with van der Waals surface area (Å²) in [5.41, 5.74) is 1.17. The van der Waals surface area contributed by atoms with Gasteiger partial charge in [-0.15, -0.1) is 0 Å². The van der Waals surface area contributed by atoms with Gasteiger partial charge in [0.1, 0.15) is 0 Å². The van der Waals surface area contributed by atoms with Crippen molar-refractivity contribution < 1.29 is 19.7 Å². The summed E-state index contributed by atoms with van der Waals surface area (Å²) in [5.74, 6) is 0. The predicted octanol–water partition coefficient (Wildman–Crippen LogP) is 1.04. The molecule has 5 heteroatoms. The van der Waals surface area contributed by atoms with E-state index in [9.17, 15) is 10.2 Å². The molecule has 0 aliphatic carbocycles. The molecule has 1 saturated heterocycles. The molecule has 2 rings (SSSR count). The first-order chi connectivity index (χ1) is 10.8. The van der Waals surface area contributed by atoms with Gasteiger partial charge in [0, 0.05) is 26.2 Å². The van der Waals surface area contributed by atoms with Crippen molar-refractivity contribution in [1.29, 1.82) is 0 Å². The third-order valence-corrected chi connectivity index (χ3v) is 3.77. The van der Waals surface area contributed by atoms with E-state index in [0.29, 0.717) is 32.8 Å². The number of nitrogens with zero attached hydrogens (tertiary/aromatic N) is 1. The molecule has 1 aliphatic heterocycles. The van der Waals surface area contributed by atoms with Crippen molar-refractivity contribution in [3.05, 3.63) is 35.9 Å². The first-order valence-electron chi connectivity index (χ1n) is 8.02. The van der Waals surface area contributed by atoms with E-state index in [0.717, 1.165) is 19.4 Å². The lowest BCUT2D eigenvalue weighted by Gasteiger charge is -2.24. The molecule has 0 radical (unpaired) electrons. The van der Waals surface area contributed by atoms with Gasteiger partial charge in [0.25, 0.3) is 0 Å². The number of hydrogen-bond acceptors (Lipinski definition) is 5. The van der Waals surface area contributed by atoms with Crippen LogP contribution in [0.25, 0.3) is 0 Å². The van der Waals surface area contributed by atoms with Gasteiger partial charge in [0.2, 0.25) is 0 Å². The largest absolute Gasteiger partial charge is 0.395 e. The highest BCUT2D eigenvalue weighted by Crippen LogP contribution is 2.12. The van der Waals surface area contributed by atoms with Crippen LogP contribution in [0.2, 0.25) is 0 Å². The van der Waals surface area contributed by atoms with Crippen LogP contribution < -0.4 is 0 Å². The average Bonchev–Trinajstić information content (AvgIpc) is 3.02. The summed E-state index contributed by atoms with van der Waals surface area (Å²) in [4.78, 5) is 2.04. The molecule has 1 fully saturated rings. The summed E-state index contributed by atoms with van der Waals surface area (Å²) in [6, 6.07) is 10.1. The van der Waals surface area contributed by atoms with Crippen LogP contribution >= 0.6 is 0 Å². The molecular formula is C17H27NO4. The van der Waals surface area contributed by atoms with Crippen molar-refractivity contribution in [1.82, 2.24) is 4.90 Å². The third-order valence-electron chi connectivity index (χ3n) is 3.77. The molecule has 0 saturated carbocycles. The maximum absolute atomic E-state index is 10.1. The normalized spacial score (nSPS) is 19.7. The Bertz CT molecular complexity index is 395. The molecular weight excluding hydrogens is 282 g/mol. The van der Waals surface area contributed by atoms with Gasteiger partial charge in [0.15, 0.2) is 0 Å². The van der Waals surface area contributed by atoms with Gasteiger partial charge in [-0.25, -0.2) is 0 Å². The molecule has 1 aliphatic rings. The molecule has 1 aromatic rings. The highest BCUT2D eigenvalue weighted by atomic mass is 16.5. The minimum absolute atomic E-state index is 0.0797. The van der Waals surface area contributed by atoms with Crippen molar-refractivity contribution in [2.24, 2.45) is 0 Å². The van der Waals surface area contributed by atoms with Crippen LogP contribution in [0.5, 0.6) is 0 Å². The van der Waals surface area contributed by atoms with Crippen molar-refractivity contribution in [3.8, 4) is 0 Å². The summed E-state index contributed by atoms with van der Waals surface area (Å²) in [5, 5.41) is 19.3. The summed E-state index contributed by atoms with van der Waals surface area (Å²) in [7, 11) is 0. The number of rotatable bonds is 10. The third kappa shape index (κ3) is 6.42. The Labute approximate surface area is 132 Å². The van der Waals surface area contributed by atoms with Crippen molar-refractivity contribution in [3.63, 3.8) is 0 Å². The Balaban J connectivity index is 1.69. The maximum Gasteiger partial charge on any atom is 0.0900 e. The fraction of sp³-hybridized carbons (Fsp3) is 0.647. The van der Waals surface area contributed by atoms with Crippen LogP contribution in [0.15, 0.2) is 30.3 Å². The lowest BCUT2D eigenvalue weighted by atomic mass is 10.2. The molecule has 5 nitrogen and oxygen atoms in total. The fourth-order valence-electron chi connectivity index (χ4n) is 2.68. The fourth-order valence-corrected chi connectivity index (χ4v) is 2.68. The van der Waals surface area contributed by atoms with E-state index in [4.69, 9.17) is 9.47 Å². The monoisotopic (exact) mass is 309 g/mol. The van der Waals surface area contributed by atoms with E-state index < -0.39 is 6.10 Å². The molecule has 22 heavy (non-hydrogen) atoms. The number of benzene rings is 1. The minimum Gasteiger partial charge on any atom is -0.395 e. The Hall–Kier alpha value is -0.980. The maximum atomic E-state index is 10.1. The van der Waals surface area contributed by atoms with Gasteiger partial charge in [-0.1, -0.05) is 30.3 Å². The number of aliphatic hydroxyl groups excluding tert-OH is 2. The Morgan fingerprint density at radius 3 is 2.82 bits per heavy atom. The van der Waals surface area contributed by atoms with Crippen LogP contribution in [0.4, 0.5) is 0 Å². The smallest absolute Gasteiger partial charge is 0.0900 e. The first-order valence-corrected chi connectivity index (χ1v) is 8.02. The molecule has 1 aromatic carbocycles. The van der Waals surface area contributed by atoms with E-state index in [2.05, 4.69) is 0 Å². The second kappa shape index (κ2) is 9.92. The zero-order valence-electron chi connectivity index (χ0n) is 13.1. The summed E-state index contributed by atoms with van der Waals surface area (Å²) < 4.78 is 11.0. The van der Waals surface area contributed by atoms with Crippen molar-refractivity contribution in [2.45, 2.75) is 31.6 Å². The van der Waals surface area contributed by atoms with Gasteiger partial charge in [0.05, 0.1) is 32.0 Å². The van der Waals surface area contributed by atoms with Crippen molar-refractivity contribution >= 4 is 0 Å². The zero-order chi connectivity index (χ0) is 15.6. The Morgan fingerprint density at radius 1 is 1.32 bits per heavy atom. The number of ether oxygens (including phenoxy) is 2. The number of hydrogen-bond donors (Lipinski definition) is 2. The van der Waals surface area contributed by atoms with E-state index in [1.54, 1.807) is 0 Å². The van der Waals surface area contributed by atoms with Crippen LogP contribution in [0, 0.1) is 0 Å². The second-order valence-electron chi connectivity index (χ2n) is 5.77. The summed E-state index contributed by atoms with van der Waals surface area (Å²) in [6.45, 7) is 3.49. The van der Waals surface area contributed by atoms with Gasteiger partial charge in [-0.3, -0.25) is 4.90 Å².